The molecule has 0 saturated carbocycles. The fraction of sp³-hybridized carbons (Fsp3) is 0.321. The van der Waals surface area contributed by atoms with Crippen LogP contribution in [0.5, 0.6) is 0 Å². The summed E-state index contributed by atoms with van der Waals surface area (Å²) < 4.78 is 6.40. The minimum absolute atomic E-state index is 0.0375. The van der Waals surface area contributed by atoms with Crippen molar-refractivity contribution in [3.8, 4) is 0 Å². The summed E-state index contributed by atoms with van der Waals surface area (Å²) >= 11 is 12.0. The van der Waals surface area contributed by atoms with Crippen LogP contribution in [0.1, 0.15) is 28.4 Å². The molecule has 1 atom stereocenters. The van der Waals surface area contributed by atoms with Gasteiger partial charge in [-0.2, -0.15) is 0 Å². The zero-order chi connectivity index (χ0) is 24.6. The van der Waals surface area contributed by atoms with E-state index in [0.29, 0.717) is 36.3 Å². The summed E-state index contributed by atoms with van der Waals surface area (Å²) in [7, 11) is 0. The summed E-state index contributed by atoms with van der Waals surface area (Å²) in [6.45, 7) is 6.83. The Bertz CT molecular complexity index is 1100. The van der Waals surface area contributed by atoms with Crippen molar-refractivity contribution < 1.29 is 9.53 Å². The second-order valence-electron chi connectivity index (χ2n) is 8.91. The van der Waals surface area contributed by atoms with Crippen LogP contribution in [0.15, 0.2) is 72.8 Å². The lowest BCUT2D eigenvalue weighted by molar-refractivity contribution is 0.00554. The molecular formula is C28H31Cl2N3O2. The van der Waals surface area contributed by atoms with Gasteiger partial charge in [-0.15, -0.1) is 0 Å². The van der Waals surface area contributed by atoms with Crippen LogP contribution in [0.25, 0.3) is 0 Å². The molecule has 5 nitrogen and oxygen atoms in total. The van der Waals surface area contributed by atoms with Crippen LogP contribution in [0.3, 0.4) is 0 Å². The van der Waals surface area contributed by atoms with Gasteiger partial charge in [0.05, 0.1) is 12.7 Å². The van der Waals surface area contributed by atoms with Crippen molar-refractivity contribution >= 4 is 29.2 Å². The maximum atomic E-state index is 12.6. The molecule has 0 aromatic heterocycles. The highest BCUT2D eigenvalue weighted by Crippen LogP contribution is 2.23. The molecule has 1 aliphatic rings. The van der Waals surface area contributed by atoms with Crippen LogP contribution in [-0.4, -0.2) is 48.6 Å². The van der Waals surface area contributed by atoms with Crippen molar-refractivity contribution in [3.63, 3.8) is 0 Å². The molecule has 35 heavy (non-hydrogen) atoms. The summed E-state index contributed by atoms with van der Waals surface area (Å²) in [5.74, 6) is 0. The van der Waals surface area contributed by atoms with E-state index < -0.39 is 0 Å². The van der Waals surface area contributed by atoms with Crippen LogP contribution in [0, 0.1) is 6.92 Å². The number of carbonyl (C=O) groups excluding carboxylic acids is 1. The van der Waals surface area contributed by atoms with Gasteiger partial charge in [0.2, 0.25) is 0 Å². The molecule has 4 rings (SSSR count). The van der Waals surface area contributed by atoms with E-state index in [2.05, 4.69) is 41.4 Å². The minimum atomic E-state index is -0.0851. The molecule has 0 radical (unpaired) electrons. The Kier molecular flexibility index (Phi) is 9.05. The number of aryl methyl sites for hydroxylation is 1. The second kappa shape index (κ2) is 12.4. The van der Waals surface area contributed by atoms with E-state index in [4.69, 9.17) is 27.9 Å². The summed E-state index contributed by atoms with van der Waals surface area (Å²) in [4.78, 5) is 16.9. The number of piperazine rings is 1. The highest BCUT2D eigenvalue weighted by molar-refractivity contribution is 6.30. The van der Waals surface area contributed by atoms with Gasteiger partial charge in [-0.1, -0.05) is 77.3 Å². The number of hydrogen-bond acceptors (Lipinski definition) is 3. The largest absolute Gasteiger partial charge is 0.368 e. The van der Waals surface area contributed by atoms with Crippen molar-refractivity contribution in [1.82, 2.24) is 15.1 Å². The van der Waals surface area contributed by atoms with E-state index in [1.165, 1.54) is 5.56 Å². The summed E-state index contributed by atoms with van der Waals surface area (Å²) in [5, 5.41) is 4.41. The lowest BCUT2D eigenvalue weighted by Gasteiger charge is -2.36. The Hall–Kier alpha value is -2.57. The molecule has 1 aliphatic heterocycles. The van der Waals surface area contributed by atoms with E-state index in [1.807, 2.05) is 53.4 Å². The summed E-state index contributed by atoms with van der Waals surface area (Å²) in [5.41, 5.74) is 4.51. The first-order valence-corrected chi connectivity index (χ1v) is 12.6. The van der Waals surface area contributed by atoms with Crippen molar-refractivity contribution in [2.45, 2.75) is 26.2 Å². The van der Waals surface area contributed by atoms with Crippen molar-refractivity contribution in [1.29, 1.82) is 0 Å². The number of rotatable bonds is 8. The number of benzene rings is 3. The molecule has 0 bridgehead atoms. The highest BCUT2D eigenvalue weighted by atomic mass is 35.5. The van der Waals surface area contributed by atoms with Crippen LogP contribution in [0.2, 0.25) is 10.0 Å². The Labute approximate surface area is 217 Å². The maximum absolute atomic E-state index is 12.6. The van der Waals surface area contributed by atoms with E-state index in [-0.39, 0.29) is 12.1 Å². The number of nitrogens with zero attached hydrogens (tertiary/aromatic N) is 2. The highest BCUT2D eigenvalue weighted by Gasteiger charge is 2.24. The summed E-state index contributed by atoms with van der Waals surface area (Å²) in [6.07, 6.45) is -0.0851. The number of amides is 2. The van der Waals surface area contributed by atoms with Crippen molar-refractivity contribution in [3.05, 3.63) is 105 Å². The van der Waals surface area contributed by atoms with Crippen LogP contribution in [0.4, 0.5) is 4.79 Å². The predicted octanol–water partition coefficient (Wildman–Crippen LogP) is 6.09. The van der Waals surface area contributed by atoms with Gasteiger partial charge in [0.1, 0.15) is 0 Å². The zero-order valence-electron chi connectivity index (χ0n) is 19.9. The molecule has 1 unspecified atom stereocenters. The average molecular weight is 512 g/mol. The van der Waals surface area contributed by atoms with Gasteiger partial charge >= 0.3 is 6.03 Å². The second-order valence-corrected chi connectivity index (χ2v) is 9.79. The Morgan fingerprint density at radius 1 is 0.914 bits per heavy atom. The molecule has 2 amide bonds. The smallest absolute Gasteiger partial charge is 0.317 e. The number of carbonyl (C=O) groups is 1. The predicted molar refractivity (Wildman–Crippen MR) is 142 cm³/mol. The first-order chi connectivity index (χ1) is 17.0. The van der Waals surface area contributed by atoms with Crippen molar-refractivity contribution in [2.24, 2.45) is 0 Å². The van der Waals surface area contributed by atoms with E-state index in [1.54, 1.807) is 0 Å². The fourth-order valence-electron chi connectivity index (χ4n) is 4.19. The van der Waals surface area contributed by atoms with E-state index >= 15 is 0 Å². The molecule has 0 aliphatic carbocycles. The molecular weight excluding hydrogens is 481 g/mol. The maximum Gasteiger partial charge on any atom is 0.317 e. The van der Waals surface area contributed by atoms with Gasteiger partial charge in [0.25, 0.3) is 0 Å². The van der Waals surface area contributed by atoms with Crippen LogP contribution in [-0.2, 0) is 17.9 Å². The third kappa shape index (κ3) is 7.71. The van der Waals surface area contributed by atoms with E-state index in [0.717, 1.165) is 36.3 Å². The van der Waals surface area contributed by atoms with E-state index in [9.17, 15) is 4.79 Å². The Morgan fingerprint density at radius 3 is 2.23 bits per heavy atom. The summed E-state index contributed by atoms with van der Waals surface area (Å²) in [6, 6.07) is 23.7. The fourth-order valence-corrected chi connectivity index (χ4v) is 4.44. The molecule has 184 valence electrons. The third-order valence-corrected chi connectivity index (χ3v) is 6.72. The SMILES string of the molecule is Cc1cccc(COC(CN2CCN(C(=O)NCc3ccc(Cl)cc3)CC2)c2ccc(Cl)cc2)c1. The standard InChI is InChI=1S/C28H31Cl2N3O2/c1-21-3-2-4-23(17-21)20-35-27(24-7-11-26(30)12-8-24)19-32-13-15-33(16-14-32)28(34)31-18-22-5-9-25(29)10-6-22/h2-12,17,27H,13-16,18-20H2,1H3,(H,31,34). The van der Waals surface area contributed by atoms with Crippen molar-refractivity contribution in [2.75, 3.05) is 32.7 Å². The number of halogens is 2. The van der Waals surface area contributed by atoms with Gasteiger partial charge < -0.3 is 15.0 Å². The van der Waals surface area contributed by atoms with Crippen LogP contribution >= 0.6 is 23.2 Å². The molecule has 0 spiro atoms. The zero-order valence-corrected chi connectivity index (χ0v) is 21.4. The van der Waals surface area contributed by atoms with Gasteiger partial charge in [-0.3, -0.25) is 4.90 Å². The number of hydrogen-bond donors (Lipinski definition) is 1. The van der Waals surface area contributed by atoms with Crippen LogP contribution < -0.4 is 5.32 Å². The Morgan fingerprint density at radius 2 is 1.57 bits per heavy atom. The molecule has 1 N–H and O–H groups in total. The number of ether oxygens (including phenoxy) is 1. The molecule has 3 aromatic carbocycles. The van der Waals surface area contributed by atoms with Gasteiger partial charge in [0, 0.05) is 49.3 Å². The topological polar surface area (TPSA) is 44.8 Å². The van der Waals surface area contributed by atoms with Gasteiger partial charge in [-0.25, -0.2) is 4.79 Å². The number of urea groups is 1. The minimum Gasteiger partial charge on any atom is -0.368 e. The molecule has 1 saturated heterocycles. The Balaban J connectivity index is 1.30. The average Bonchev–Trinajstić information content (AvgIpc) is 2.87. The first kappa shape index (κ1) is 25.5. The number of nitrogens with one attached hydrogen (secondary N) is 1. The molecule has 3 aromatic rings. The van der Waals surface area contributed by atoms with Gasteiger partial charge in [0.15, 0.2) is 0 Å². The third-order valence-electron chi connectivity index (χ3n) is 6.22. The lowest BCUT2D eigenvalue weighted by Crippen LogP contribution is -2.52. The van der Waals surface area contributed by atoms with Gasteiger partial charge in [-0.05, 0) is 47.9 Å². The monoisotopic (exact) mass is 511 g/mol. The first-order valence-electron chi connectivity index (χ1n) is 11.9. The lowest BCUT2D eigenvalue weighted by atomic mass is 10.1. The molecule has 1 heterocycles. The normalized spacial score (nSPS) is 15.1. The quantitative estimate of drug-likeness (QED) is 0.398. The molecule has 1 fully saturated rings. The molecule has 7 heteroatoms.